The summed E-state index contributed by atoms with van der Waals surface area (Å²) in [6.07, 6.45) is 3.58. The SMILES string of the molecule is CCN(CC)CCN(C)C(=O)c1c(C)[nH]c(/C=C2\C(=O)Nc3ccc(-c4csc(-c5ccc(C)cc5)n4)cc32)c1C.CC[N+](C)(CC)CCNC.Cc1[nH]c(/C=C2\C(=O)Nc3ccc(-c4csc(-c5ccccc5)n4)cc32)c(C)c1C(=O)O. The van der Waals surface area contributed by atoms with Gasteiger partial charge in [0.15, 0.2) is 0 Å². The van der Waals surface area contributed by atoms with Crippen LogP contribution in [-0.4, -0.2) is 137 Å². The number of carboxylic acids is 1. The highest BCUT2D eigenvalue weighted by molar-refractivity contribution is 7.13. The molecule has 6 N–H and O–H groups in total. The Hall–Kier alpha value is -8.06. The number of amides is 3. The van der Waals surface area contributed by atoms with Gasteiger partial charge in [0.1, 0.15) is 10.0 Å². The molecule has 10 rings (SSSR count). The number of H-pyrrole nitrogens is 2. The van der Waals surface area contributed by atoms with Gasteiger partial charge in [0.05, 0.1) is 60.3 Å². The van der Waals surface area contributed by atoms with E-state index in [2.05, 4.69) is 102 Å². The summed E-state index contributed by atoms with van der Waals surface area (Å²) in [5.41, 5.74) is 16.2. The molecule has 0 atom stereocenters. The summed E-state index contributed by atoms with van der Waals surface area (Å²) >= 11 is 3.18. The van der Waals surface area contributed by atoms with Gasteiger partial charge in [-0.15, -0.1) is 22.7 Å². The van der Waals surface area contributed by atoms with E-state index in [1.54, 1.807) is 47.5 Å². The molecule has 17 heteroatoms. The van der Waals surface area contributed by atoms with E-state index in [-0.39, 0.29) is 23.3 Å². The molecule has 0 unspecified atom stereocenters. The fourth-order valence-electron chi connectivity index (χ4n) is 10.1. The summed E-state index contributed by atoms with van der Waals surface area (Å²) in [5, 5.41) is 24.5. The lowest BCUT2D eigenvalue weighted by Gasteiger charge is -2.31. The van der Waals surface area contributed by atoms with Gasteiger partial charge in [0.2, 0.25) is 0 Å². The molecular formula is C66H77N10O5S2+. The molecule has 0 saturated carbocycles. The lowest BCUT2D eigenvalue weighted by atomic mass is 10.0. The van der Waals surface area contributed by atoms with Gasteiger partial charge in [-0.05, 0) is 116 Å². The topological polar surface area (TPSA) is 188 Å². The van der Waals surface area contributed by atoms with E-state index in [4.69, 9.17) is 9.97 Å². The van der Waals surface area contributed by atoms with Crippen LogP contribution in [0.1, 0.15) is 99.0 Å². The minimum absolute atomic E-state index is 0.0143. The van der Waals surface area contributed by atoms with Gasteiger partial charge in [0.25, 0.3) is 17.7 Å². The van der Waals surface area contributed by atoms with Crippen molar-refractivity contribution >= 4 is 81.0 Å². The monoisotopic (exact) mass is 1150 g/mol. The van der Waals surface area contributed by atoms with Gasteiger partial charge >= 0.3 is 5.97 Å². The van der Waals surface area contributed by atoms with E-state index >= 15 is 0 Å². The number of fused-ring (bicyclic) bond motifs is 2. The lowest BCUT2D eigenvalue weighted by Crippen LogP contribution is -2.47. The van der Waals surface area contributed by atoms with Gasteiger partial charge < -0.3 is 45.3 Å². The van der Waals surface area contributed by atoms with E-state index in [0.29, 0.717) is 40.2 Å². The van der Waals surface area contributed by atoms with Crippen LogP contribution in [0.25, 0.3) is 67.0 Å². The number of quaternary nitrogens is 1. The number of aromatic nitrogens is 4. The molecule has 2 aliphatic rings. The summed E-state index contributed by atoms with van der Waals surface area (Å²) in [4.78, 5) is 70.9. The number of aromatic carboxylic acids is 1. The Morgan fingerprint density at radius 2 is 1.12 bits per heavy atom. The summed E-state index contributed by atoms with van der Waals surface area (Å²) in [6.45, 7) is 26.4. The van der Waals surface area contributed by atoms with E-state index in [9.17, 15) is 24.3 Å². The van der Waals surface area contributed by atoms with Crippen molar-refractivity contribution < 1.29 is 28.8 Å². The molecule has 8 aromatic rings. The second-order valence-electron chi connectivity index (χ2n) is 21.3. The first-order valence-electron chi connectivity index (χ1n) is 28.3. The highest BCUT2D eigenvalue weighted by Crippen LogP contribution is 2.40. The van der Waals surface area contributed by atoms with Crippen molar-refractivity contribution in [2.24, 2.45) is 0 Å². The normalized spacial score (nSPS) is 13.6. The first kappa shape index (κ1) is 61.0. The standard InChI is InChI=1S/C33H37N5O2S.C25H19N3O3S.C8H21N2/c1-7-38(8-2)16-15-37(6)33(40)30-21(4)28(34-22(30)5)18-26-25-17-24(13-14-27(25)35-31(26)39)29-19-41-32(36-29)23-11-9-20(3)10-12-23;1-13-20(26-14(2)22(13)25(30)31)11-18-17-10-16(8-9-19(17)27-23(18)29)21-12-32-24(28-21)15-6-4-3-5-7-15;1-5-10(4,6-2)8-7-9-3/h9-14,17-19,34H,7-8,15-16H2,1-6H3,(H,35,39);3-12,26H,1-2H3,(H,27,29)(H,30,31);9H,5-8H2,1-4H3/q;;+1/b26-18-;18-11-;. The molecule has 4 aromatic heterocycles. The third-order valence-corrected chi connectivity index (χ3v) is 17.7. The fraction of sp³-hybridized carbons (Fsp3) is 0.303. The Labute approximate surface area is 495 Å². The summed E-state index contributed by atoms with van der Waals surface area (Å²) in [7, 11) is 6.16. The van der Waals surface area contributed by atoms with Crippen molar-refractivity contribution in [1.82, 2.24) is 35.1 Å². The maximum absolute atomic E-state index is 13.4. The summed E-state index contributed by atoms with van der Waals surface area (Å²) in [5.74, 6) is -1.38. The number of nitrogens with zero attached hydrogens (tertiary/aromatic N) is 5. The maximum atomic E-state index is 13.4. The number of aryl methyl sites for hydroxylation is 3. The van der Waals surface area contributed by atoms with Crippen LogP contribution in [-0.2, 0) is 9.59 Å². The number of carbonyl (C=O) groups is 4. The van der Waals surface area contributed by atoms with Crippen LogP contribution in [0.4, 0.5) is 11.4 Å². The van der Waals surface area contributed by atoms with Crippen molar-refractivity contribution in [3.63, 3.8) is 0 Å². The highest BCUT2D eigenvalue weighted by atomic mass is 32.1. The molecule has 15 nitrogen and oxygen atoms in total. The van der Waals surface area contributed by atoms with Gasteiger partial charge in [-0.2, -0.15) is 0 Å². The molecule has 0 bridgehead atoms. The Bertz CT molecular complexity index is 3710. The molecular weight excluding hydrogens is 1080 g/mol. The van der Waals surface area contributed by atoms with Crippen LogP contribution in [0.2, 0.25) is 0 Å². The molecule has 0 aliphatic carbocycles. The smallest absolute Gasteiger partial charge is 0.337 e. The Kier molecular flexibility index (Phi) is 19.8. The number of hydrogen-bond acceptors (Lipinski definition) is 10. The number of benzene rings is 4. The van der Waals surface area contributed by atoms with E-state index in [1.807, 2.05) is 106 Å². The quantitative estimate of drug-likeness (QED) is 0.0359. The highest BCUT2D eigenvalue weighted by Gasteiger charge is 2.29. The van der Waals surface area contributed by atoms with Crippen molar-refractivity contribution in [3.05, 3.63) is 163 Å². The van der Waals surface area contributed by atoms with Gasteiger partial charge in [-0.25, -0.2) is 14.8 Å². The molecule has 2 aliphatic heterocycles. The summed E-state index contributed by atoms with van der Waals surface area (Å²) in [6, 6.07) is 30.1. The number of hydrogen-bond donors (Lipinski definition) is 6. The Morgan fingerprint density at radius 3 is 1.58 bits per heavy atom. The van der Waals surface area contributed by atoms with E-state index < -0.39 is 5.97 Å². The number of aromatic amines is 2. The number of likely N-dealkylation sites (N-methyl/N-ethyl adjacent to an activating group) is 4. The molecule has 4 aromatic carbocycles. The number of nitrogens with one attached hydrogen (secondary N) is 5. The zero-order valence-corrected chi connectivity index (χ0v) is 51.4. The molecule has 6 heterocycles. The first-order chi connectivity index (χ1) is 39.8. The molecule has 0 spiro atoms. The van der Waals surface area contributed by atoms with Crippen LogP contribution < -0.4 is 16.0 Å². The Morgan fingerprint density at radius 1 is 0.651 bits per heavy atom. The lowest BCUT2D eigenvalue weighted by molar-refractivity contribution is -0.905. The molecule has 83 heavy (non-hydrogen) atoms. The van der Waals surface area contributed by atoms with Gasteiger partial charge in [-0.3, -0.25) is 14.4 Å². The van der Waals surface area contributed by atoms with Crippen LogP contribution in [0.5, 0.6) is 0 Å². The zero-order chi connectivity index (χ0) is 59.7. The molecule has 0 radical (unpaired) electrons. The third-order valence-electron chi connectivity index (χ3n) is 15.9. The average Bonchev–Trinajstić information content (AvgIpc) is 3.32. The third kappa shape index (κ3) is 13.9. The molecule has 0 fully saturated rings. The van der Waals surface area contributed by atoms with E-state index in [0.717, 1.165) is 109 Å². The Balaban J connectivity index is 0.000000190. The number of carboxylic acid groups (broad SMARTS) is 1. The van der Waals surface area contributed by atoms with Crippen molar-refractivity contribution in [3.8, 4) is 43.7 Å². The minimum atomic E-state index is -0.989. The van der Waals surface area contributed by atoms with Gasteiger partial charge in [-0.1, -0.05) is 86.1 Å². The largest absolute Gasteiger partial charge is 0.478 e. The molecule has 3 amide bonds. The molecule has 432 valence electrons. The molecule has 0 saturated heterocycles. The van der Waals surface area contributed by atoms with Crippen LogP contribution in [0.3, 0.4) is 0 Å². The minimum Gasteiger partial charge on any atom is -0.478 e. The number of anilines is 2. The predicted octanol–water partition coefficient (Wildman–Crippen LogP) is 12.9. The maximum Gasteiger partial charge on any atom is 0.337 e. The van der Waals surface area contributed by atoms with Crippen LogP contribution in [0, 0.1) is 34.6 Å². The predicted molar refractivity (Wildman–Crippen MR) is 342 cm³/mol. The average molecular weight is 1150 g/mol. The van der Waals surface area contributed by atoms with E-state index in [1.165, 1.54) is 29.7 Å². The van der Waals surface area contributed by atoms with Crippen molar-refractivity contribution in [2.75, 3.05) is 84.1 Å². The first-order valence-corrected chi connectivity index (χ1v) is 30.0. The van der Waals surface area contributed by atoms with Crippen LogP contribution >= 0.6 is 22.7 Å². The van der Waals surface area contributed by atoms with Crippen LogP contribution in [0.15, 0.2) is 102 Å². The van der Waals surface area contributed by atoms with Gasteiger partial charge in [0, 0.05) is 105 Å². The second kappa shape index (κ2) is 26.9. The second-order valence-corrected chi connectivity index (χ2v) is 23.0. The fourth-order valence-corrected chi connectivity index (χ4v) is 11.8. The van der Waals surface area contributed by atoms with Crippen molar-refractivity contribution in [2.45, 2.75) is 62.3 Å². The number of carbonyl (C=O) groups excluding carboxylic acids is 3. The zero-order valence-electron chi connectivity index (χ0n) is 49.8. The summed E-state index contributed by atoms with van der Waals surface area (Å²) < 4.78 is 1.18. The number of rotatable bonds is 18. The number of thiazole rings is 2. The van der Waals surface area contributed by atoms with Crippen molar-refractivity contribution in [1.29, 1.82) is 0 Å².